The van der Waals surface area contributed by atoms with Crippen molar-refractivity contribution in [2.75, 3.05) is 18.6 Å². The molecule has 5 nitrogen and oxygen atoms in total. The van der Waals surface area contributed by atoms with Gasteiger partial charge in [-0.2, -0.15) is 0 Å². The van der Waals surface area contributed by atoms with Crippen LogP contribution in [0.15, 0.2) is 29.2 Å². The van der Waals surface area contributed by atoms with Crippen molar-refractivity contribution >= 4 is 40.5 Å². The number of rotatable bonds is 5. The predicted octanol–water partition coefficient (Wildman–Crippen LogP) is 1.71. The zero-order valence-corrected chi connectivity index (χ0v) is 13.1. The van der Waals surface area contributed by atoms with Crippen molar-refractivity contribution in [3.8, 4) is 0 Å². The van der Waals surface area contributed by atoms with Crippen molar-refractivity contribution in [2.45, 2.75) is 17.4 Å². The van der Waals surface area contributed by atoms with Crippen LogP contribution >= 0.6 is 23.5 Å². The smallest absolute Gasteiger partial charge is 0.338 e. The molecule has 0 spiro atoms. The summed E-state index contributed by atoms with van der Waals surface area (Å²) in [6.07, 6.45) is 0.679. The highest BCUT2D eigenvalue weighted by Crippen LogP contribution is 2.24. The van der Waals surface area contributed by atoms with Gasteiger partial charge in [-0.05, 0) is 18.6 Å². The summed E-state index contributed by atoms with van der Waals surface area (Å²) in [4.78, 5) is 35.6. The second-order valence-corrected chi connectivity index (χ2v) is 6.47. The summed E-state index contributed by atoms with van der Waals surface area (Å²) in [6, 6.07) is 6.58. The summed E-state index contributed by atoms with van der Waals surface area (Å²) in [7, 11) is 1.32. The predicted molar refractivity (Wildman–Crippen MR) is 82.5 cm³/mol. The summed E-state index contributed by atoms with van der Waals surface area (Å²) in [5, 5.41) is 2.73. The first-order valence-corrected chi connectivity index (χ1v) is 8.35. The third-order valence-electron chi connectivity index (χ3n) is 2.92. The first kappa shape index (κ1) is 15.9. The third-order valence-corrected chi connectivity index (χ3v) is 5.00. The van der Waals surface area contributed by atoms with E-state index in [0.717, 1.165) is 5.75 Å². The average Bonchev–Trinajstić information content (AvgIpc) is 2.90. The average molecular weight is 325 g/mol. The highest BCUT2D eigenvalue weighted by atomic mass is 32.2. The molecule has 112 valence electrons. The number of esters is 1. The fourth-order valence-corrected chi connectivity index (χ4v) is 3.66. The summed E-state index contributed by atoms with van der Waals surface area (Å²) in [5.74, 6) is 0.270. The van der Waals surface area contributed by atoms with E-state index in [4.69, 9.17) is 4.74 Å². The second-order valence-electron chi connectivity index (χ2n) is 4.35. The van der Waals surface area contributed by atoms with Crippen LogP contribution in [0.25, 0.3) is 0 Å². The van der Waals surface area contributed by atoms with E-state index in [1.54, 1.807) is 24.3 Å². The number of benzene rings is 1. The van der Waals surface area contributed by atoms with Gasteiger partial charge >= 0.3 is 5.97 Å². The van der Waals surface area contributed by atoms with Crippen LogP contribution in [0, 0.1) is 0 Å². The minimum absolute atomic E-state index is 0.0170. The summed E-state index contributed by atoms with van der Waals surface area (Å²) >= 11 is 2.50. The first-order valence-electron chi connectivity index (χ1n) is 6.38. The van der Waals surface area contributed by atoms with Gasteiger partial charge in [0.1, 0.15) is 0 Å². The topological polar surface area (TPSA) is 72.5 Å². The number of ether oxygens (including phenoxy) is 1. The Labute approximate surface area is 131 Å². The Hall–Kier alpha value is -1.47. The highest BCUT2D eigenvalue weighted by molar-refractivity contribution is 8.14. The van der Waals surface area contributed by atoms with Crippen molar-refractivity contribution in [3.63, 3.8) is 0 Å². The Bertz CT molecular complexity index is 562. The molecule has 2 rings (SSSR count). The van der Waals surface area contributed by atoms with Crippen molar-refractivity contribution in [2.24, 2.45) is 0 Å². The monoisotopic (exact) mass is 325 g/mol. The minimum atomic E-state index is -0.430. The number of carbonyl (C=O) groups is 3. The van der Waals surface area contributed by atoms with Gasteiger partial charge in [0.15, 0.2) is 0 Å². The Balaban J connectivity index is 1.92. The number of hydrogen-bond donors (Lipinski definition) is 1. The van der Waals surface area contributed by atoms with Crippen molar-refractivity contribution in [1.29, 1.82) is 0 Å². The van der Waals surface area contributed by atoms with Crippen molar-refractivity contribution in [1.82, 2.24) is 5.32 Å². The Morgan fingerprint density at radius 2 is 2.19 bits per heavy atom. The lowest BCUT2D eigenvalue weighted by Gasteiger charge is -2.11. The fourth-order valence-electron chi connectivity index (χ4n) is 1.88. The van der Waals surface area contributed by atoms with Gasteiger partial charge in [0.05, 0.1) is 24.5 Å². The standard InChI is InChI=1S/C14H15NO4S2/c1-19-13(17)9-4-2-3-5-11(9)21-8-12(16)15-10-6-7-20-14(10)18/h2-5,10H,6-8H2,1H3,(H,15,16)/t10-/m0/s1. The summed E-state index contributed by atoms with van der Waals surface area (Å²) in [6.45, 7) is 0. The number of hydrogen-bond acceptors (Lipinski definition) is 6. The number of amides is 1. The number of nitrogens with one attached hydrogen (secondary N) is 1. The Morgan fingerprint density at radius 3 is 2.86 bits per heavy atom. The molecule has 0 aromatic heterocycles. The molecule has 0 aliphatic carbocycles. The molecular formula is C14H15NO4S2. The molecule has 1 aromatic carbocycles. The van der Waals surface area contributed by atoms with Crippen molar-refractivity contribution < 1.29 is 19.1 Å². The zero-order chi connectivity index (χ0) is 15.2. The molecule has 1 aromatic rings. The molecule has 1 fully saturated rings. The van der Waals surface area contributed by atoms with Gasteiger partial charge < -0.3 is 10.1 Å². The van der Waals surface area contributed by atoms with Crippen molar-refractivity contribution in [3.05, 3.63) is 29.8 Å². The van der Waals surface area contributed by atoms with Crippen LogP contribution in [0.5, 0.6) is 0 Å². The van der Waals surface area contributed by atoms with E-state index in [0.29, 0.717) is 16.9 Å². The quantitative estimate of drug-likeness (QED) is 0.656. The first-order chi connectivity index (χ1) is 10.1. The van der Waals surface area contributed by atoms with E-state index in [9.17, 15) is 14.4 Å². The molecular weight excluding hydrogens is 310 g/mol. The molecule has 1 amide bonds. The lowest BCUT2D eigenvalue weighted by Crippen LogP contribution is -2.38. The summed E-state index contributed by atoms with van der Waals surface area (Å²) < 4.78 is 4.71. The molecule has 21 heavy (non-hydrogen) atoms. The molecule has 0 unspecified atom stereocenters. The molecule has 1 saturated heterocycles. The molecule has 0 saturated carbocycles. The molecule has 1 atom stereocenters. The van der Waals surface area contributed by atoms with Crippen LogP contribution in [0.3, 0.4) is 0 Å². The molecule has 0 radical (unpaired) electrons. The van der Waals surface area contributed by atoms with Crippen LogP contribution in [0.4, 0.5) is 0 Å². The molecule has 0 bridgehead atoms. The van der Waals surface area contributed by atoms with Gasteiger partial charge in [-0.1, -0.05) is 23.9 Å². The van der Waals surface area contributed by atoms with Gasteiger partial charge in [0, 0.05) is 10.6 Å². The van der Waals surface area contributed by atoms with Crippen LogP contribution in [0.1, 0.15) is 16.8 Å². The van der Waals surface area contributed by atoms with E-state index in [1.807, 2.05) is 0 Å². The maximum atomic E-state index is 11.9. The normalized spacial score (nSPS) is 17.6. The lowest BCUT2D eigenvalue weighted by molar-refractivity contribution is -0.122. The molecule has 7 heteroatoms. The maximum Gasteiger partial charge on any atom is 0.338 e. The SMILES string of the molecule is COC(=O)c1ccccc1SCC(=O)N[C@H]1CCSC1=O. The largest absolute Gasteiger partial charge is 0.465 e. The molecule has 1 aliphatic heterocycles. The minimum Gasteiger partial charge on any atom is -0.465 e. The fraction of sp³-hybridized carbons (Fsp3) is 0.357. The van der Waals surface area contributed by atoms with Crippen LogP contribution < -0.4 is 5.32 Å². The number of thioether (sulfide) groups is 2. The third kappa shape index (κ3) is 4.25. The summed E-state index contributed by atoms with van der Waals surface area (Å²) in [5.41, 5.74) is 0.435. The van der Waals surface area contributed by atoms with Crippen LogP contribution in [-0.2, 0) is 14.3 Å². The van der Waals surface area contributed by atoms with Crippen LogP contribution in [0.2, 0.25) is 0 Å². The van der Waals surface area contributed by atoms with Gasteiger partial charge in [-0.15, -0.1) is 11.8 Å². The van der Waals surface area contributed by atoms with Crippen LogP contribution in [-0.4, -0.2) is 41.6 Å². The van der Waals surface area contributed by atoms with Gasteiger partial charge in [0.25, 0.3) is 0 Å². The molecule has 1 heterocycles. The highest BCUT2D eigenvalue weighted by Gasteiger charge is 2.26. The van der Waals surface area contributed by atoms with E-state index in [1.165, 1.54) is 30.6 Å². The van der Waals surface area contributed by atoms with Gasteiger partial charge in [-0.3, -0.25) is 9.59 Å². The number of methoxy groups -OCH3 is 1. The van der Waals surface area contributed by atoms with E-state index < -0.39 is 5.97 Å². The van der Waals surface area contributed by atoms with Gasteiger partial charge in [0.2, 0.25) is 11.0 Å². The Kier molecular flexibility index (Phi) is 5.69. The molecule has 1 N–H and O–H groups in total. The lowest BCUT2D eigenvalue weighted by atomic mass is 10.2. The molecule has 1 aliphatic rings. The maximum absolute atomic E-state index is 11.9. The van der Waals surface area contributed by atoms with E-state index in [-0.39, 0.29) is 22.8 Å². The zero-order valence-electron chi connectivity index (χ0n) is 11.5. The van der Waals surface area contributed by atoms with Gasteiger partial charge in [-0.25, -0.2) is 4.79 Å². The second kappa shape index (κ2) is 7.51. The number of carbonyl (C=O) groups excluding carboxylic acids is 3. The van der Waals surface area contributed by atoms with E-state index >= 15 is 0 Å². The van der Waals surface area contributed by atoms with E-state index in [2.05, 4.69) is 5.32 Å². The Morgan fingerprint density at radius 1 is 1.43 bits per heavy atom.